The fourth-order valence-corrected chi connectivity index (χ4v) is 3.01. The van der Waals surface area contributed by atoms with Gasteiger partial charge < -0.3 is 10.1 Å². The number of sulfonamides is 1. The molecule has 2 rings (SSSR count). The molecule has 140 valence electrons. The summed E-state index contributed by atoms with van der Waals surface area (Å²) in [6.45, 7) is 4.88. The summed E-state index contributed by atoms with van der Waals surface area (Å²) in [6.07, 6.45) is 1.06. The largest absolute Gasteiger partial charge is 0.491 e. The van der Waals surface area contributed by atoms with Crippen LogP contribution >= 0.6 is 0 Å². The van der Waals surface area contributed by atoms with Crippen LogP contribution in [-0.2, 0) is 10.0 Å². The Balaban J connectivity index is 1.89. The minimum atomic E-state index is -3.38. The average molecular weight is 376 g/mol. The number of rotatable bonds is 8. The lowest BCUT2D eigenvalue weighted by Gasteiger charge is -2.14. The second-order valence-corrected chi connectivity index (χ2v) is 8.00. The van der Waals surface area contributed by atoms with Crippen LogP contribution in [0.25, 0.3) is 0 Å². The molecule has 7 heteroatoms. The lowest BCUT2D eigenvalue weighted by atomic mass is 10.0. The third-order valence-corrected chi connectivity index (χ3v) is 4.22. The standard InChI is InChI=1S/C19H24N2O4S/c1-14(2)17-9-4-5-10-18(17)25-12-11-20-19(22)15-7-6-8-16(13-15)21-26(3,23)24/h4-10,13-14,21H,11-12H2,1-3H3,(H,20,22). The van der Waals surface area contributed by atoms with Gasteiger partial charge in [0.25, 0.3) is 5.91 Å². The van der Waals surface area contributed by atoms with E-state index < -0.39 is 10.0 Å². The number of amides is 1. The van der Waals surface area contributed by atoms with E-state index in [0.29, 0.717) is 30.3 Å². The van der Waals surface area contributed by atoms with Gasteiger partial charge in [0, 0.05) is 11.3 Å². The molecule has 6 nitrogen and oxygen atoms in total. The first-order valence-electron chi connectivity index (χ1n) is 8.34. The lowest BCUT2D eigenvalue weighted by Crippen LogP contribution is -2.28. The molecule has 0 saturated heterocycles. The summed E-state index contributed by atoms with van der Waals surface area (Å²) in [5.41, 5.74) is 1.85. The van der Waals surface area contributed by atoms with Crippen LogP contribution in [0.2, 0.25) is 0 Å². The van der Waals surface area contributed by atoms with E-state index >= 15 is 0 Å². The van der Waals surface area contributed by atoms with Crippen LogP contribution in [0, 0.1) is 0 Å². The number of ether oxygens (including phenoxy) is 1. The molecule has 2 aromatic carbocycles. The van der Waals surface area contributed by atoms with E-state index in [4.69, 9.17) is 4.74 Å². The van der Waals surface area contributed by atoms with Gasteiger partial charge in [-0.3, -0.25) is 9.52 Å². The first-order valence-corrected chi connectivity index (χ1v) is 10.2. The highest BCUT2D eigenvalue weighted by Gasteiger charge is 2.09. The molecule has 0 atom stereocenters. The average Bonchev–Trinajstić information content (AvgIpc) is 2.57. The molecule has 0 radical (unpaired) electrons. The highest BCUT2D eigenvalue weighted by atomic mass is 32.2. The molecule has 0 fully saturated rings. The van der Waals surface area contributed by atoms with E-state index in [-0.39, 0.29) is 5.91 Å². The van der Waals surface area contributed by atoms with E-state index in [0.717, 1.165) is 17.6 Å². The highest BCUT2D eigenvalue weighted by molar-refractivity contribution is 7.92. The van der Waals surface area contributed by atoms with Crippen LogP contribution < -0.4 is 14.8 Å². The van der Waals surface area contributed by atoms with E-state index in [1.54, 1.807) is 18.2 Å². The van der Waals surface area contributed by atoms with Crippen molar-refractivity contribution in [3.63, 3.8) is 0 Å². The van der Waals surface area contributed by atoms with Crippen LogP contribution in [0.3, 0.4) is 0 Å². The van der Waals surface area contributed by atoms with Gasteiger partial charge in [-0.1, -0.05) is 38.1 Å². The van der Waals surface area contributed by atoms with Gasteiger partial charge in [0.05, 0.1) is 12.8 Å². The molecular formula is C19H24N2O4S. The fraction of sp³-hybridized carbons (Fsp3) is 0.316. The van der Waals surface area contributed by atoms with Crippen molar-refractivity contribution in [3.8, 4) is 5.75 Å². The Morgan fingerprint density at radius 2 is 1.85 bits per heavy atom. The Bertz CT molecular complexity index is 863. The maximum absolute atomic E-state index is 12.2. The highest BCUT2D eigenvalue weighted by Crippen LogP contribution is 2.25. The first-order chi connectivity index (χ1) is 12.3. The van der Waals surface area contributed by atoms with Crippen LogP contribution in [-0.4, -0.2) is 33.7 Å². The summed E-state index contributed by atoms with van der Waals surface area (Å²) in [5.74, 6) is 0.880. The Morgan fingerprint density at radius 1 is 1.12 bits per heavy atom. The molecule has 0 aromatic heterocycles. The van der Waals surface area contributed by atoms with Gasteiger partial charge in [-0.25, -0.2) is 8.42 Å². The number of carbonyl (C=O) groups excluding carboxylic acids is 1. The maximum Gasteiger partial charge on any atom is 0.251 e. The molecule has 1 amide bonds. The van der Waals surface area contributed by atoms with E-state index in [2.05, 4.69) is 23.9 Å². The maximum atomic E-state index is 12.2. The van der Waals surface area contributed by atoms with Crippen molar-refractivity contribution in [2.24, 2.45) is 0 Å². The molecule has 0 aliphatic rings. The van der Waals surface area contributed by atoms with Gasteiger partial charge in [0.2, 0.25) is 10.0 Å². The Kier molecular flexibility index (Phi) is 6.63. The topological polar surface area (TPSA) is 84.5 Å². The van der Waals surface area contributed by atoms with Crippen molar-refractivity contribution in [2.45, 2.75) is 19.8 Å². The molecule has 0 aliphatic heterocycles. The zero-order chi connectivity index (χ0) is 19.2. The Labute approximate surface area is 154 Å². The Hall–Kier alpha value is -2.54. The van der Waals surface area contributed by atoms with E-state index in [1.807, 2.05) is 24.3 Å². The SMILES string of the molecule is CC(C)c1ccccc1OCCNC(=O)c1cccc(NS(C)(=O)=O)c1. The van der Waals surface area contributed by atoms with E-state index in [9.17, 15) is 13.2 Å². The van der Waals surface area contributed by atoms with Gasteiger partial charge in [-0.2, -0.15) is 0 Å². The number of carbonyl (C=O) groups is 1. The lowest BCUT2D eigenvalue weighted by molar-refractivity contribution is 0.0947. The number of para-hydroxylation sites is 1. The normalized spacial score (nSPS) is 11.2. The summed E-state index contributed by atoms with van der Waals surface area (Å²) in [7, 11) is -3.38. The third-order valence-electron chi connectivity index (χ3n) is 3.61. The second kappa shape index (κ2) is 8.71. The minimum Gasteiger partial charge on any atom is -0.491 e. The summed E-state index contributed by atoms with van der Waals surface area (Å²) in [6, 6.07) is 14.2. The fourth-order valence-electron chi connectivity index (χ4n) is 2.45. The summed E-state index contributed by atoms with van der Waals surface area (Å²) < 4.78 is 30.7. The number of anilines is 1. The molecule has 0 bridgehead atoms. The molecule has 0 aliphatic carbocycles. The molecular weight excluding hydrogens is 352 g/mol. The van der Waals surface area contributed by atoms with Crippen molar-refractivity contribution in [1.29, 1.82) is 0 Å². The van der Waals surface area contributed by atoms with Crippen LogP contribution in [0.4, 0.5) is 5.69 Å². The summed E-state index contributed by atoms with van der Waals surface area (Å²) >= 11 is 0. The van der Waals surface area contributed by atoms with Crippen molar-refractivity contribution in [3.05, 3.63) is 59.7 Å². The molecule has 2 aromatic rings. The van der Waals surface area contributed by atoms with Crippen molar-refractivity contribution < 1.29 is 17.9 Å². The predicted octanol–water partition coefficient (Wildman–Crippen LogP) is 2.99. The molecule has 0 unspecified atom stereocenters. The van der Waals surface area contributed by atoms with Crippen LogP contribution in [0.5, 0.6) is 5.75 Å². The summed E-state index contributed by atoms with van der Waals surface area (Å²) in [5, 5.41) is 2.77. The van der Waals surface area contributed by atoms with Gasteiger partial charge in [0.15, 0.2) is 0 Å². The zero-order valence-corrected chi connectivity index (χ0v) is 16.0. The van der Waals surface area contributed by atoms with Crippen LogP contribution in [0.15, 0.2) is 48.5 Å². The van der Waals surface area contributed by atoms with Crippen molar-refractivity contribution in [2.75, 3.05) is 24.1 Å². The van der Waals surface area contributed by atoms with Gasteiger partial charge in [-0.05, 0) is 35.7 Å². The van der Waals surface area contributed by atoms with Crippen molar-refractivity contribution >= 4 is 21.6 Å². The molecule has 26 heavy (non-hydrogen) atoms. The molecule has 2 N–H and O–H groups in total. The van der Waals surface area contributed by atoms with Crippen molar-refractivity contribution in [1.82, 2.24) is 5.32 Å². The quantitative estimate of drug-likeness (QED) is 0.694. The van der Waals surface area contributed by atoms with Crippen LogP contribution in [0.1, 0.15) is 35.7 Å². The van der Waals surface area contributed by atoms with Gasteiger partial charge in [-0.15, -0.1) is 0 Å². The minimum absolute atomic E-state index is 0.289. The van der Waals surface area contributed by atoms with Gasteiger partial charge >= 0.3 is 0 Å². The number of hydrogen-bond acceptors (Lipinski definition) is 4. The first kappa shape index (κ1) is 19.8. The zero-order valence-electron chi connectivity index (χ0n) is 15.2. The molecule has 0 heterocycles. The monoisotopic (exact) mass is 376 g/mol. The van der Waals surface area contributed by atoms with Gasteiger partial charge in [0.1, 0.15) is 12.4 Å². The van der Waals surface area contributed by atoms with E-state index in [1.165, 1.54) is 6.07 Å². The third kappa shape index (κ3) is 6.07. The number of benzene rings is 2. The second-order valence-electron chi connectivity index (χ2n) is 6.25. The number of hydrogen-bond donors (Lipinski definition) is 2. The molecule has 0 saturated carbocycles. The summed E-state index contributed by atoms with van der Waals surface area (Å²) in [4.78, 5) is 12.2. The number of nitrogens with one attached hydrogen (secondary N) is 2. The predicted molar refractivity (Wildman–Crippen MR) is 103 cm³/mol. The molecule has 0 spiro atoms. The smallest absolute Gasteiger partial charge is 0.251 e. The Morgan fingerprint density at radius 3 is 2.54 bits per heavy atom.